The quantitative estimate of drug-likeness (QED) is 0.784. The normalized spacial score (nSPS) is 11.8. The summed E-state index contributed by atoms with van der Waals surface area (Å²) in [7, 11) is -3.44. The molecular weight excluding hydrogens is 272 g/mol. The van der Waals surface area contributed by atoms with Crippen molar-refractivity contribution >= 4 is 27.5 Å². The van der Waals surface area contributed by atoms with Crippen LogP contribution in [0.4, 0.5) is 5.69 Å². The average molecular weight is 291 g/mol. The highest BCUT2D eigenvalue weighted by Crippen LogP contribution is 2.13. The van der Waals surface area contributed by atoms with E-state index in [1.807, 2.05) is 26.0 Å². The summed E-state index contributed by atoms with van der Waals surface area (Å²) in [5.74, 6) is 0.560. The van der Waals surface area contributed by atoms with Crippen molar-refractivity contribution < 1.29 is 8.42 Å². The van der Waals surface area contributed by atoms with E-state index in [2.05, 4.69) is 4.72 Å². The van der Waals surface area contributed by atoms with E-state index >= 15 is 0 Å². The van der Waals surface area contributed by atoms with Gasteiger partial charge in [0.25, 0.3) is 0 Å². The van der Waals surface area contributed by atoms with Crippen molar-refractivity contribution in [2.75, 3.05) is 23.7 Å². The fraction of sp³-hybridized carbons (Fsp3) is 0.500. The first kappa shape index (κ1) is 15.3. The third-order valence-corrected chi connectivity index (χ3v) is 4.51. The molecule has 1 aromatic carbocycles. The van der Waals surface area contributed by atoms with Crippen molar-refractivity contribution in [3.8, 4) is 0 Å². The van der Waals surface area contributed by atoms with Crippen molar-refractivity contribution in [2.24, 2.45) is 0 Å². The van der Waals surface area contributed by atoms with Crippen molar-refractivity contribution in [3.63, 3.8) is 0 Å². The van der Waals surface area contributed by atoms with Crippen LogP contribution in [0.25, 0.3) is 0 Å². The van der Waals surface area contributed by atoms with Gasteiger partial charge in [-0.1, -0.05) is 26.0 Å². The third kappa shape index (κ3) is 4.15. The van der Waals surface area contributed by atoms with Crippen LogP contribution in [0.5, 0.6) is 0 Å². The van der Waals surface area contributed by atoms with Crippen molar-refractivity contribution in [1.29, 1.82) is 0 Å². The SMILES string of the molecule is CCN(CC)S(=O)(=O)Nc1ccc(CCCl)cc1. The molecule has 0 heterocycles. The minimum atomic E-state index is -3.44. The van der Waals surface area contributed by atoms with Crippen LogP contribution in [0.15, 0.2) is 24.3 Å². The maximum atomic E-state index is 12.0. The summed E-state index contributed by atoms with van der Waals surface area (Å²) in [4.78, 5) is 0. The number of aryl methyl sites for hydroxylation is 1. The number of benzene rings is 1. The summed E-state index contributed by atoms with van der Waals surface area (Å²) in [6.45, 7) is 4.53. The van der Waals surface area contributed by atoms with E-state index in [1.54, 1.807) is 12.1 Å². The lowest BCUT2D eigenvalue weighted by atomic mass is 10.2. The van der Waals surface area contributed by atoms with Crippen molar-refractivity contribution in [2.45, 2.75) is 20.3 Å². The molecular formula is C12H19ClN2O2S. The number of hydrogen-bond acceptors (Lipinski definition) is 2. The number of hydrogen-bond donors (Lipinski definition) is 1. The molecule has 0 fully saturated rings. The highest BCUT2D eigenvalue weighted by molar-refractivity contribution is 7.90. The Hall–Kier alpha value is -0.780. The van der Waals surface area contributed by atoms with Crippen LogP contribution >= 0.6 is 11.6 Å². The Labute approximate surface area is 114 Å². The zero-order valence-electron chi connectivity index (χ0n) is 10.7. The summed E-state index contributed by atoms with van der Waals surface area (Å²) >= 11 is 5.64. The Morgan fingerprint density at radius 1 is 1.17 bits per heavy atom. The topological polar surface area (TPSA) is 49.4 Å². The van der Waals surface area contributed by atoms with Crippen LogP contribution in [0.3, 0.4) is 0 Å². The molecule has 1 aromatic rings. The molecule has 102 valence electrons. The lowest BCUT2D eigenvalue weighted by molar-refractivity contribution is 0.449. The predicted octanol–water partition coefficient (Wildman–Crippen LogP) is 2.47. The van der Waals surface area contributed by atoms with Gasteiger partial charge in [-0.25, -0.2) is 0 Å². The molecule has 0 saturated heterocycles. The van der Waals surface area contributed by atoms with Crippen LogP contribution in [-0.2, 0) is 16.6 Å². The highest BCUT2D eigenvalue weighted by Gasteiger charge is 2.17. The molecule has 4 nitrogen and oxygen atoms in total. The van der Waals surface area contributed by atoms with Crippen LogP contribution in [0.2, 0.25) is 0 Å². The van der Waals surface area contributed by atoms with Gasteiger partial charge < -0.3 is 0 Å². The lowest BCUT2D eigenvalue weighted by Gasteiger charge is -2.19. The number of nitrogens with one attached hydrogen (secondary N) is 1. The fourth-order valence-electron chi connectivity index (χ4n) is 1.63. The summed E-state index contributed by atoms with van der Waals surface area (Å²) in [5.41, 5.74) is 1.66. The minimum absolute atomic E-state index is 0.455. The highest BCUT2D eigenvalue weighted by atomic mass is 35.5. The monoisotopic (exact) mass is 290 g/mol. The van der Waals surface area contributed by atoms with Crippen LogP contribution < -0.4 is 4.72 Å². The largest absolute Gasteiger partial charge is 0.301 e. The predicted molar refractivity (Wildman–Crippen MR) is 76.3 cm³/mol. The standard InChI is InChI=1S/C12H19ClN2O2S/c1-3-15(4-2)18(16,17)14-12-7-5-11(6-8-12)9-10-13/h5-8,14H,3-4,9-10H2,1-2H3. The van der Waals surface area contributed by atoms with Gasteiger partial charge in [-0.05, 0) is 24.1 Å². The summed E-state index contributed by atoms with van der Waals surface area (Å²) in [6.07, 6.45) is 0.782. The number of halogens is 1. The Morgan fingerprint density at radius 3 is 2.17 bits per heavy atom. The fourth-order valence-corrected chi connectivity index (χ4v) is 3.09. The Balaban J connectivity index is 2.78. The maximum absolute atomic E-state index is 12.0. The molecule has 0 spiro atoms. The molecule has 0 aromatic heterocycles. The van der Waals surface area contributed by atoms with Crippen LogP contribution in [0.1, 0.15) is 19.4 Å². The number of rotatable bonds is 7. The molecule has 0 unspecified atom stereocenters. The molecule has 0 aliphatic rings. The zero-order valence-corrected chi connectivity index (χ0v) is 12.3. The maximum Gasteiger partial charge on any atom is 0.301 e. The lowest BCUT2D eigenvalue weighted by Crippen LogP contribution is -2.35. The third-order valence-electron chi connectivity index (χ3n) is 2.63. The van der Waals surface area contributed by atoms with E-state index in [9.17, 15) is 8.42 Å². The second kappa shape index (κ2) is 6.97. The molecule has 0 aliphatic heterocycles. The van der Waals surface area contributed by atoms with Gasteiger partial charge in [0.1, 0.15) is 0 Å². The summed E-state index contributed by atoms with van der Waals surface area (Å²) in [5, 5.41) is 0. The first-order chi connectivity index (χ1) is 8.53. The number of alkyl halides is 1. The van der Waals surface area contributed by atoms with Crippen LogP contribution in [0, 0.1) is 0 Å². The Kier molecular flexibility index (Phi) is 5.91. The van der Waals surface area contributed by atoms with Gasteiger partial charge in [0.05, 0.1) is 0 Å². The molecule has 0 amide bonds. The minimum Gasteiger partial charge on any atom is -0.271 e. The van der Waals surface area contributed by atoms with Crippen molar-refractivity contribution in [1.82, 2.24) is 4.31 Å². The second-order valence-corrected chi connectivity index (χ2v) is 5.88. The zero-order chi connectivity index (χ0) is 13.6. The average Bonchev–Trinajstić information content (AvgIpc) is 2.33. The second-order valence-electron chi connectivity index (χ2n) is 3.83. The molecule has 0 radical (unpaired) electrons. The van der Waals surface area contributed by atoms with Gasteiger partial charge in [-0.15, -0.1) is 11.6 Å². The van der Waals surface area contributed by atoms with Gasteiger partial charge in [0.2, 0.25) is 0 Å². The first-order valence-corrected chi connectivity index (χ1v) is 7.93. The summed E-state index contributed by atoms with van der Waals surface area (Å²) < 4.78 is 27.9. The van der Waals surface area contributed by atoms with E-state index < -0.39 is 10.2 Å². The van der Waals surface area contributed by atoms with E-state index in [-0.39, 0.29) is 0 Å². The van der Waals surface area contributed by atoms with Crippen LogP contribution in [-0.4, -0.2) is 31.7 Å². The van der Waals surface area contributed by atoms with E-state index in [0.29, 0.717) is 24.7 Å². The smallest absolute Gasteiger partial charge is 0.271 e. The van der Waals surface area contributed by atoms with E-state index in [0.717, 1.165) is 12.0 Å². The van der Waals surface area contributed by atoms with Crippen molar-refractivity contribution in [3.05, 3.63) is 29.8 Å². The van der Waals surface area contributed by atoms with E-state index in [1.165, 1.54) is 4.31 Å². The van der Waals surface area contributed by atoms with E-state index in [4.69, 9.17) is 11.6 Å². The van der Waals surface area contributed by atoms with Gasteiger partial charge in [-0.2, -0.15) is 12.7 Å². The molecule has 0 atom stereocenters. The summed E-state index contributed by atoms with van der Waals surface area (Å²) in [6, 6.07) is 7.26. The first-order valence-electron chi connectivity index (χ1n) is 5.96. The van der Waals surface area contributed by atoms with Gasteiger partial charge >= 0.3 is 10.2 Å². The van der Waals surface area contributed by atoms with Gasteiger partial charge in [0.15, 0.2) is 0 Å². The molecule has 6 heteroatoms. The molecule has 0 bridgehead atoms. The molecule has 0 saturated carbocycles. The van der Waals surface area contributed by atoms with Gasteiger partial charge in [0, 0.05) is 24.7 Å². The van der Waals surface area contributed by atoms with Gasteiger partial charge in [-0.3, -0.25) is 4.72 Å². The Morgan fingerprint density at radius 2 is 1.72 bits per heavy atom. The molecule has 18 heavy (non-hydrogen) atoms. The molecule has 1 N–H and O–H groups in total. The molecule has 0 aliphatic carbocycles. The Bertz CT molecular complexity index is 455. The number of nitrogens with zero attached hydrogens (tertiary/aromatic N) is 1. The number of anilines is 1. The molecule has 1 rings (SSSR count).